The highest BCUT2D eigenvalue weighted by atomic mass is 32.2. The summed E-state index contributed by atoms with van der Waals surface area (Å²) in [7, 11) is -2.66. The van der Waals surface area contributed by atoms with Crippen molar-refractivity contribution in [2.24, 2.45) is 0 Å². The monoisotopic (exact) mass is 412 g/mol. The van der Waals surface area contributed by atoms with E-state index in [0.29, 0.717) is 22.5 Å². The standard InChI is InChI=1S/C20H16N2O6S/c1-12-7-8-13(9-17(12)22(23)24)29(25,26)21-16-11-19-15(10-20(16)27-2)14-5-3-4-6-18(14)28-19/h3-11,21H,1-2H3. The predicted molar refractivity (Wildman–Crippen MR) is 109 cm³/mol. The lowest BCUT2D eigenvalue weighted by molar-refractivity contribution is -0.385. The predicted octanol–water partition coefficient (Wildman–Crippen LogP) is 4.61. The van der Waals surface area contributed by atoms with E-state index in [1.165, 1.54) is 25.3 Å². The summed E-state index contributed by atoms with van der Waals surface area (Å²) in [6.45, 7) is 1.54. The molecule has 0 spiro atoms. The van der Waals surface area contributed by atoms with Crippen molar-refractivity contribution >= 4 is 43.3 Å². The van der Waals surface area contributed by atoms with Gasteiger partial charge in [-0.1, -0.05) is 24.3 Å². The van der Waals surface area contributed by atoms with Crippen molar-refractivity contribution in [1.29, 1.82) is 0 Å². The van der Waals surface area contributed by atoms with Crippen molar-refractivity contribution < 1.29 is 22.5 Å². The minimum Gasteiger partial charge on any atom is -0.495 e. The van der Waals surface area contributed by atoms with Gasteiger partial charge in [0.25, 0.3) is 15.7 Å². The molecule has 4 rings (SSSR count). The van der Waals surface area contributed by atoms with Gasteiger partial charge in [-0.3, -0.25) is 14.8 Å². The van der Waals surface area contributed by atoms with E-state index >= 15 is 0 Å². The number of hydrogen-bond acceptors (Lipinski definition) is 6. The SMILES string of the molecule is COc1cc2c(cc1NS(=O)(=O)c1ccc(C)c([N+](=O)[O-])c1)oc1ccccc12. The zero-order valence-electron chi connectivity index (χ0n) is 15.5. The number of ether oxygens (including phenoxy) is 1. The Kier molecular flexibility index (Phi) is 4.39. The third-order valence-corrected chi connectivity index (χ3v) is 5.99. The van der Waals surface area contributed by atoms with Crippen LogP contribution in [0.4, 0.5) is 11.4 Å². The number of aryl methyl sites for hydroxylation is 1. The number of nitro benzene ring substituents is 1. The molecule has 1 heterocycles. The molecule has 0 aliphatic heterocycles. The number of anilines is 1. The number of hydrogen-bond donors (Lipinski definition) is 1. The van der Waals surface area contributed by atoms with E-state index in [9.17, 15) is 18.5 Å². The first-order valence-corrected chi connectivity index (χ1v) is 10.1. The molecule has 0 atom stereocenters. The van der Waals surface area contributed by atoms with Gasteiger partial charge in [-0.05, 0) is 25.1 Å². The van der Waals surface area contributed by atoms with Gasteiger partial charge in [0.15, 0.2) is 0 Å². The molecule has 0 aliphatic carbocycles. The number of sulfonamides is 1. The highest BCUT2D eigenvalue weighted by molar-refractivity contribution is 7.92. The minimum absolute atomic E-state index is 0.169. The highest BCUT2D eigenvalue weighted by Gasteiger charge is 2.22. The molecular weight excluding hydrogens is 396 g/mol. The Hall–Kier alpha value is -3.59. The van der Waals surface area contributed by atoms with Gasteiger partial charge in [-0.2, -0.15) is 0 Å². The van der Waals surface area contributed by atoms with Crippen LogP contribution < -0.4 is 9.46 Å². The number of methoxy groups -OCH3 is 1. The number of nitro groups is 1. The summed E-state index contributed by atoms with van der Waals surface area (Å²) in [6.07, 6.45) is 0. The second kappa shape index (κ2) is 6.78. The topological polar surface area (TPSA) is 112 Å². The smallest absolute Gasteiger partial charge is 0.273 e. The van der Waals surface area contributed by atoms with E-state index in [1.807, 2.05) is 24.3 Å². The van der Waals surface area contributed by atoms with Crippen LogP contribution >= 0.6 is 0 Å². The van der Waals surface area contributed by atoms with Crippen LogP contribution in [0, 0.1) is 17.0 Å². The molecule has 148 valence electrons. The third kappa shape index (κ3) is 3.25. The van der Waals surface area contributed by atoms with Crippen molar-refractivity contribution in [2.75, 3.05) is 11.8 Å². The lowest BCUT2D eigenvalue weighted by atomic mass is 10.1. The molecule has 0 saturated heterocycles. The van der Waals surface area contributed by atoms with Crippen molar-refractivity contribution in [3.05, 3.63) is 70.3 Å². The molecule has 0 bridgehead atoms. The maximum atomic E-state index is 12.8. The van der Waals surface area contributed by atoms with Crippen LogP contribution in [0.2, 0.25) is 0 Å². The van der Waals surface area contributed by atoms with Crippen LogP contribution in [0.3, 0.4) is 0 Å². The van der Waals surface area contributed by atoms with Gasteiger partial charge in [0.2, 0.25) is 0 Å². The average Bonchev–Trinajstić information content (AvgIpc) is 3.04. The Morgan fingerprint density at radius 2 is 1.79 bits per heavy atom. The number of benzene rings is 3. The molecule has 0 amide bonds. The maximum absolute atomic E-state index is 12.8. The first-order valence-electron chi connectivity index (χ1n) is 8.57. The van der Waals surface area contributed by atoms with Crippen LogP contribution in [-0.4, -0.2) is 20.5 Å². The molecule has 0 saturated carbocycles. The van der Waals surface area contributed by atoms with E-state index in [4.69, 9.17) is 9.15 Å². The van der Waals surface area contributed by atoms with Crippen molar-refractivity contribution in [3.63, 3.8) is 0 Å². The van der Waals surface area contributed by atoms with Crippen LogP contribution in [-0.2, 0) is 10.0 Å². The Bertz CT molecular complexity index is 1370. The quantitative estimate of drug-likeness (QED) is 0.378. The van der Waals surface area contributed by atoms with Crippen LogP contribution in [0.15, 0.2) is 63.9 Å². The second-order valence-electron chi connectivity index (χ2n) is 6.46. The molecule has 0 radical (unpaired) electrons. The lowest BCUT2D eigenvalue weighted by Crippen LogP contribution is -2.14. The summed E-state index contributed by atoms with van der Waals surface area (Å²) in [5.74, 6) is 0.300. The second-order valence-corrected chi connectivity index (χ2v) is 8.14. The molecule has 3 aromatic carbocycles. The molecule has 29 heavy (non-hydrogen) atoms. The number of nitrogens with one attached hydrogen (secondary N) is 1. The molecule has 0 fully saturated rings. The molecule has 1 N–H and O–H groups in total. The Morgan fingerprint density at radius 1 is 1.03 bits per heavy atom. The van der Waals surface area contributed by atoms with Crippen LogP contribution in [0.25, 0.3) is 21.9 Å². The third-order valence-electron chi connectivity index (χ3n) is 4.63. The number of fused-ring (bicyclic) bond motifs is 3. The van der Waals surface area contributed by atoms with Crippen LogP contribution in [0.1, 0.15) is 5.56 Å². The van der Waals surface area contributed by atoms with Gasteiger partial charge in [-0.15, -0.1) is 0 Å². The van der Waals surface area contributed by atoms with E-state index in [1.54, 1.807) is 13.0 Å². The zero-order chi connectivity index (χ0) is 20.8. The van der Waals surface area contributed by atoms with Gasteiger partial charge in [-0.25, -0.2) is 8.42 Å². The molecular formula is C20H16N2O6S. The van der Waals surface area contributed by atoms with Gasteiger partial charge in [0.05, 0.1) is 22.6 Å². The summed E-state index contributed by atoms with van der Waals surface area (Å²) < 4.78 is 39.3. The largest absolute Gasteiger partial charge is 0.495 e. The Morgan fingerprint density at radius 3 is 2.52 bits per heavy atom. The van der Waals surface area contributed by atoms with Gasteiger partial charge in [0, 0.05) is 28.5 Å². The summed E-state index contributed by atoms with van der Waals surface area (Å²) in [4.78, 5) is 10.3. The van der Waals surface area contributed by atoms with E-state index in [-0.39, 0.29) is 16.3 Å². The minimum atomic E-state index is -4.09. The first-order chi connectivity index (χ1) is 13.8. The summed E-state index contributed by atoms with van der Waals surface area (Å²) in [5.41, 5.74) is 1.42. The highest BCUT2D eigenvalue weighted by Crippen LogP contribution is 2.37. The molecule has 0 unspecified atom stereocenters. The van der Waals surface area contributed by atoms with Gasteiger partial charge in [0.1, 0.15) is 16.9 Å². The fourth-order valence-corrected chi connectivity index (χ4v) is 4.24. The number of furan rings is 1. The average molecular weight is 412 g/mol. The van der Waals surface area contributed by atoms with Crippen LogP contribution in [0.5, 0.6) is 5.75 Å². The fourth-order valence-electron chi connectivity index (χ4n) is 3.16. The van der Waals surface area contributed by atoms with Gasteiger partial charge >= 0.3 is 0 Å². The summed E-state index contributed by atoms with van der Waals surface area (Å²) in [6, 6.07) is 14.4. The molecule has 4 aromatic rings. The molecule has 0 aliphatic rings. The van der Waals surface area contributed by atoms with E-state index < -0.39 is 14.9 Å². The Balaban J connectivity index is 1.81. The lowest BCUT2D eigenvalue weighted by Gasteiger charge is -2.12. The number of nitrogens with zero attached hydrogens (tertiary/aromatic N) is 1. The molecule has 8 nitrogen and oxygen atoms in total. The Labute approximate surface area is 165 Å². The first kappa shape index (κ1) is 18.8. The molecule has 1 aromatic heterocycles. The maximum Gasteiger partial charge on any atom is 0.273 e. The van der Waals surface area contributed by atoms with Crippen molar-refractivity contribution in [2.45, 2.75) is 11.8 Å². The van der Waals surface area contributed by atoms with Crippen molar-refractivity contribution in [3.8, 4) is 5.75 Å². The summed E-state index contributed by atoms with van der Waals surface area (Å²) >= 11 is 0. The number of rotatable bonds is 5. The van der Waals surface area contributed by atoms with E-state index in [0.717, 1.165) is 16.8 Å². The normalized spacial score (nSPS) is 11.7. The van der Waals surface area contributed by atoms with E-state index in [2.05, 4.69) is 4.72 Å². The fraction of sp³-hybridized carbons (Fsp3) is 0.100. The zero-order valence-corrected chi connectivity index (χ0v) is 16.3. The summed E-state index contributed by atoms with van der Waals surface area (Å²) in [5, 5.41) is 12.8. The van der Waals surface area contributed by atoms with Gasteiger partial charge < -0.3 is 9.15 Å². The number of para-hydroxylation sites is 1. The molecule has 9 heteroatoms. The van der Waals surface area contributed by atoms with Crippen molar-refractivity contribution in [1.82, 2.24) is 0 Å².